The first kappa shape index (κ1) is 20.2. The van der Waals surface area contributed by atoms with Gasteiger partial charge in [0.1, 0.15) is 5.60 Å². The molecule has 1 aliphatic heterocycles. The lowest BCUT2D eigenvalue weighted by Crippen LogP contribution is -2.64. The molecule has 0 spiro atoms. The van der Waals surface area contributed by atoms with Crippen LogP contribution < -0.4 is 10.6 Å². The smallest absolute Gasteiger partial charge is 0.252 e. The van der Waals surface area contributed by atoms with Crippen LogP contribution in [0.1, 0.15) is 86.0 Å². The van der Waals surface area contributed by atoms with Gasteiger partial charge in [-0.15, -0.1) is 0 Å². The highest BCUT2D eigenvalue weighted by molar-refractivity contribution is 5.87. The average molecular weight is 391 g/mol. The third-order valence-corrected chi connectivity index (χ3v) is 9.11. The van der Waals surface area contributed by atoms with Crippen LogP contribution in [0.3, 0.4) is 0 Å². The molecular weight excluding hydrogens is 352 g/mol. The van der Waals surface area contributed by atoms with Crippen LogP contribution in [0, 0.1) is 28.6 Å². The van der Waals surface area contributed by atoms with Gasteiger partial charge in [0.15, 0.2) is 0 Å². The van der Waals surface area contributed by atoms with E-state index in [0.717, 1.165) is 38.5 Å². The van der Waals surface area contributed by atoms with Crippen LogP contribution in [-0.2, 0) is 9.59 Å². The summed E-state index contributed by atoms with van der Waals surface area (Å²) in [5, 5.41) is 18.0. The second-order valence-electron chi connectivity index (χ2n) is 11.6. The molecule has 7 atom stereocenters. The van der Waals surface area contributed by atoms with Crippen molar-refractivity contribution in [3.8, 4) is 0 Å². The Kier molecular flexibility index (Phi) is 4.47. The number of rotatable bonds is 1. The minimum Gasteiger partial charge on any atom is -0.379 e. The molecule has 3 N–H and O–H groups in total. The van der Waals surface area contributed by atoms with Crippen molar-refractivity contribution in [2.24, 2.45) is 28.6 Å². The van der Waals surface area contributed by atoms with Crippen molar-refractivity contribution >= 4 is 11.8 Å². The van der Waals surface area contributed by atoms with Gasteiger partial charge in [-0.05, 0) is 88.9 Å². The molecule has 3 saturated carbocycles. The summed E-state index contributed by atoms with van der Waals surface area (Å²) >= 11 is 0. The minimum atomic E-state index is -1.27. The Balaban J connectivity index is 1.60. The number of piperidine rings is 1. The Labute approximate surface area is 169 Å². The van der Waals surface area contributed by atoms with Crippen molar-refractivity contribution in [3.05, 3.63) is 0 Å². The van der Waals surface area contributed by atoms with Crippen LogP contribution in [0.15, 0.2) is 0 Å². The molecule has 0 aromatic heterocycles. The molecule has 0 radical (unpaired) electrons. The van der Waals surface area contributed by atoms with E-state index in [0.29, 0.717) is 36.6 Å². The largest absolute Gasteiger partial charge is 0.379 e. The molecule has 1 heterocycles. The van der Waals surface area contributed by atoms with Crippen molar-refractivity contribution in [3.63, 3.8) is 0 Å². The number of carbonyl (C=O) groups is 2. The first-order valence-corrected chi connectivity index (χ1v) is 11.3. The van der Waals surface area contributed by atoms with Crippen LogP contribution >= 0.6 is 0 Å². The van der Waals surface area contributed by atoms with Gasteiger partial charge in [0.25, 0.3) is 5.91 Å². The fourth-order valence-electron chi connectivity index (χ4n) is 7.54. The Morgan fingerprint density at radius 3 is 2.43 bits per heavy atom. The third kappa shape index (κ3) is 2.75. The molecule has 3 aliphatic carbocycles. The van der Waals surface area contributed by atoms with E-state index in [4.69, 9.17) is 0 Å². The van der Waals surface area contributed by atoms with Gasteiger partial charge >= 0.3 is 0 Å². The zero-order valence-electron chi connectivity index (χ0n) is 18.2. The standard InChI is InChI=1S/C23H38N2O3/c1-20(2,3)25-19(27)23(28)13-9-16-14-6-7-17-21(4,11-10-18(26)24-17)15(14)8-12-22(16,23)5/h14-17,28H,6-13H2,1-5H3,(H,24,26)(H,25,27)/t14-,15+,16+,17-,21-,22+,23+/m1/s1. The first-order valence-electron chi connectivity index (χ1n) is 11.3. The number of fused-ring (bicyclic) bond motifs is 5. The second kappa shape index (κ2) is 6.20. The van der Waals surface area contributed by atoms with Gasteiger partial charge in [0.2, 0.25) is 5.91 Å². The zero-order chi connectivity index (χ0) is 20.5. The lowest BCUT2D eigenvalue weighted by molar-refractivity contribution is -0.171. The fraction of sp³-hybridized carbons (Fsp3) is 0.913. The van der Waals surface area contributed by atoms with Gasteiger partial charge < -0.3 is 15.7 Å². The normalized spacial score (nSPS) is 48.1. The molecule has 2 amide bonds. The van der Waals surface area contributed by atoms with Gasteiger partial charge in [0.05, 0.1) is 0 Å². The number of hydrogen-bond acceptors (Lipinski definition) is 3. The van der Waals surface area contributed by atoms with E-state index in [1.807, 2.05) is 20.8 Å². The summed E-state index contributed by atoms with van der Waals surface area (Å²) in [6.45, 7) is 10.5. The minimum absolute atomic E-state index is 0.159. The summed E-state index contributed by atoms with van der Waals surface area (Å²) in [7, 11) is 0. The summed E-state index contributed by atoms with van der Waals surface area (Å²) in [5.41, 5.74) is -1.81. The van der Waals surface area contributed by atoms with Crippen molar-refractivity contribution in [2.75, 3.05) is 0 Å². The summed E-state index contributed by atoms with van der Waals surface area (Å²) in [6, 6.07) is 0.295. The van der Waals surface area contributed by atoms with Gasteiger partial charge in [-0.2, -0.15) is 0 Å². The lowest BCUT2D eigenvalue weighted by atomic mass is 9.46. The Morgan fingerprint density at radius 2 is 1.75 bits per heavy atom. The van der Waals surface area contributed by atoms with E-state index >= 15 is 0 Å². The van der Waals surface area contributed by atoms with Crippen LogP contribution in [0.4, 0.5) is 0 Å². The van der Waals surface area contributed by atoms with Crippen LogP contribution in [0.25, 0.3) is 0 Å². The highest BCUT2D eigenvalue weighted by atomic mass is 16.3. The molecule has 5 heteroatoms. The molecule has 0 aromatic rings. The second-order valence-corrected chi connectivity index (χ2v) is 11.6. The van der Waals surface area contributed by atoms with E-state index in [9.17, 15) is 14.7 Å². The monoisotopic (exact) mass is 390 g/mol. The van der Waals surface area contributed by atoms with E-state index in [1.54, 1.807) is 0 Å². The maximum Gasteiger partial charge on any atom is 0.252 e. The highest BCUT2D eigenvalue weighted by Crippen LogP contribution is 2.66. The SMILES string of the molecule is CC(C)(C)NC(=O)[C@@]1(O)CC[C@H]2[C@@H]3CC[C@H]4NC(=O)CC[C@]4(C)[C@H]3CC[C@@]21C. The molecular formula is C23H38N2O3. The van der Waals surface area contributed by atoms with Crippen LogP contribution in [0.5, 0.6) is 0 Å². The van der Waals surface area contributed by atoms with Crippen molar-refractivity contribution < 1.29 is 14.7 Å². The van der Waals surface area contributed by atoms with Gasteiger partial charge in [-0.25, -0.2) is 0 Å². The van der Waals surface area contributed by atoms with Gasteiger partial charge in [-0.1, -0.05) is 13.8 Å². The van der Waals surface area contributed by atoms with E-state index in [1.165, 1.54) is 0 Å². The number of aliphatic hydroxyl groups is 1. The van der Waals surface area contributed by atoms with Crippen molar-refractivity contribution in [1.82, 2.24) is 10.6 Å². The molecule has 0 aromatic carbocycles. The highest BCUT2D eigenvalue weighted by Gasteiger charge is 2.67. The summed E-state index contributed by atoms with van der Waals surface area (Å²) in [6.07, 6.45) is 7.17. The molecule has 28 heavy (non-hydrogen) atoms. The molecule has 4 fully saturated rings. The Hall–Kier alpha value is -1.10. The maximum absolute atomic E-state index is 13.1. The number of nitrogens with one attached hydrogen (secondary N) is 2. The molecule has 158 valence electrons. The Morgan fingerprint density at radius 1 is 1.07 bits per heavy atom. The van der Waals surface area contributed by atoms with Crippen LogP contribution in [-0.4, -0.2) is 34.1 Å². The molecule has 0 unspecified atom stereocenters. The summed E-state index contributed by atoms with van der Waals surface area (Å²) in [5.74, 6) is 1.53. The fourth-order valence-corrected chi connectivity index (χ4v) is 7.54. The van der Waals surface area contributed by atoms with Crippen LogP contribution in [0.2, 0.25) is 0 Å². The zero-order valence-corrected chi connectivity index (χ0v) is 18.2. The average Bonchev–Trinajstić information content (AvgIpc) is 2.87. The van der Waals surface area contributed by atoms with E-state index in [2.05, 4.69) is 24.5 Å². The Bertz CT molecular complexity index is 686. The molecule has 0 bridgehead atoms. The maximum atomic E-state index is 13.1. The van der Waals surface area contributed by atoms with Crippen molar-refractivity contribution in [1.29, 1.82) is 0 Å². The predicted molar refractivity (Wildman–Crippen MR) is 108 cm³/mol. The van der Waals surface area contributed by atoms with E-state index in [-0.39, 0.29) is 28.2 Å². The quantitative estimate of drug-likeness (QED) is 0.643. The molecule has 5 nitrogen and oxygen atoms in total. The molecule has 1 saturated heterocycles. The third-order valence-electron chi connectivity index (χ3n) is 9.11. The number of amides is 2. The lowest BCUT2D eigenvalue weighted by Gasteiger charge is -2.60. The van der Waals surface area contributed by atoms with Gasteiger partial charge in [-0.3, -0.25) is 9.59 Å². The summed E-state index contributed by atoms with van der Waals surface area (Å²) < 4.78 is 0. The number of hydrogen-bond donors (Lipinski definition) is 3. The molecule has 4 aliphatic rings. The predicted octanol–water partition coefficient (Wildman–Crippen LogP) is 3.15. The number of carbonyl (C=O) groups excluding carboxylic acids is 2. The van der Waals surface area contributed by atoms with Crippen molar-refractivity contribution in [2.45, 2.75) is 103 Å². The van der Waals surface area contributed by atoms with Gasteiger partial charge in [0, 0.05) is 23.4 Å². The van der Waals surface area contributed by atoms with E-state index < -0.39 is 5.60 Å². The molecule has 4 rings (SSSR count). The summed E-state index contributed by atoms with van der Waals surface area (Å²) in [4.78, 5) is 25.1. The first-order chi connectivity index (χ1) is 12.9. The topological polar surface area (TPSA) is 78.4 Å².